The van der Waals surface area contributed by atoms with Crippen LogP contribution in [-0.2, 0) is 16.0 Å². The summed E-state index contributed by atoms with van der Waals surface area (Å²) in [5, 5.41) is 0. The van der Waals surface area contributed by atoms with Gasteiger partial charge in [-0.05, 0) is 68.4 Å². The molecule has 5 heteroatoms. The van der Waals surface area contributed by atoms with Crippen molar-refractivity contribution in [2.24, 2.45) is 11.5 Å². The van der Waals surface area contributed by atoms with E-state index in [9.17, 15) is 4.79 Å². The first-order chi connectivity index (χ1) is 14.8. The number of allylic oxidation sites excluding steroid dienone is 1. The highest BCUT2D eigenvalue weighted by Gasteiger charge is 2.28. The fourth-order valence-corrected chi connectivity index (χ4v) is 3.79. The van der Waals surface area contributed by atoms with E-state index in [0.29, 0.717) is 13.2 Å². The molecule has 2 aromatic rings. The van der Waals surface area contributed by atoms with Gasteiger partial charge in [-0.3, -0.25) is 4.79 Å². The molecule has 2 aromatic carbocycles. The van der Waals surface area contributed by atoms with Gasteiger partial charge in [-0.25, -0.2) is 0 Å². The largest absolute Gasteiger partial charge is 0.493 e. The number of esters is 1. The molecule has 0 bridgehead atoms. The summed E-state index contributed by atoms with van der Waals surface area (Å²) in [7, 11) is 0. The molecule has 0 saturated carbocycles. The van der Waals surface area contributed by atoms with Crippen molar-refractivity contribution in [1.82, 2.24) is 0 Å². The molecular weight excluding hydrogens is 388 g/mol. The number of benzene rings is 2. The molecule has 1 aliphatic carbocycles. The quantitative estimate of drug-likeness (QED) is 0.443. The zero-order valence-electron chi connectivity index (χ0n) is 18.9. The number of unbranched alkanes of at least 4 members (excludes halogenated alkanes) is 2. The second-order valence-corrected chi connectivity index (χ2v) is 8.66. The molecule has 0 heterocycles. The number of hydrogen-bond donors (Lipinski definition) is 2. The van der Waals surface area contributed by atoms with Gasteiger partial charge < -0.3 is 20.9 Å². The van der Waals surface area contributed by atoms with Gasteiger partial charge in [0.15, 0.2) is 0 Å². The molecular formula is C26H34N2O3. The first-order valence-corrected chi connectivity index (χ1v) is 11.0. The Morgan fingerprint density at radius 1 is 1.10 bits per heavy atom. The van der Waals surface area contributed by atoms with Crippen LogP contribution in [0.15, 0.2) is 36.4 Å². The number of nitrogens with two attached hydrogens (primary N) is 2. The zero-order valence-corrected chi connectivity index (χ0v) is 18.9. The number of ether oxygens (including phenoxy) is 2. The van der Waals surface area contributed by atoms with E-state index in [2.05, 4.69) is 50.3 Å². The highest BCUT2D eigenvalue weighted by atomic mass is 16.5. The van der Waals surface area contributed by atoms with Crippen molar-refractivity contribution in [3.63, 3.8) is 0 Å². The van der Waals surface area contributed by atoms with Crippen LogP contribution in [0, 0.1) is 13.8 Å². The third-order valence-electron chi connectivity index (χ3n) is 5.76. The Labute approximate surface area is 185 Å². The molecule has 0 amide bonds. The highest BCUT2D eigenvalue weighted by molar-refractivity contribution is 5.90. The van der Waals surface area contributed by atoms with E-state index in [1.807, 2.05) is 6.07 Å². The molecule has 0 aromatic heterocycles. The van der Waals surface area contributed by atoms with Gasteiger partial charge in [-0.1, -0.05) is 42.0 Å². The minimum atomic E-state index is -1.11. The number of carbonyl (C=O) groups is 1. The standard InChI is InChI=1S/C26H34N2O3/c1-18-10-11-22(19(2)14-18)21-15-20-8-7-9-24(23(20)16-21)30-12-5-4-6-13-31-25(29)26(3,28)17-27/h7-11,14-15H,4-6,12-13,16-17,27-28H2,1-3H3. The zero-order chi connectivity index (χ0) is 22.4. The summed E-state index contributed by atoms with van der Waals surface area (Å²) >= 11 is 0. The highest BCUT2D eigenvalue weighted by Crippen LogP contribution is 2.38. The Morgan fingerprint density at radius 2 is 1.87 bits per heavy atom. The lowest BCUT2D eigenvalue weighted by Crippen LogP contribution is -2.52. The molecule has 1 atom stereocenters. The third kappa shape index (κ3) is 5.75. The van der Waals surface area contributed by atoms with E-state index in [0.717, 1.165) is 31.4 Å². The summed E-state index contributed by atoms with van der Waals surface area (Å²) in [5.41, 5.74) is 17.9. The maximum absolute atomic E-state index is 11.8. The fourth-order valence-electron chi connectivity index (χ4n) is 3.79. The van der Waals surface area contributed by atoms with Gasteiger partial charge in [0, 0.05) is 18.5 Å². The maximum Gasteiger partial charge on any atom is 0.327 e. The topological polar surface area (TPSA) is 87.6 Å². The normalized spacial score (nSPS) is 14.5. The Hall–Kier alpha value is -2.63. The molecule has 31 heavy (non-hydrogen) atoms. The van der Waals surface area contributed by atoms with Crippen LogP contribution in [0.25, 0.3) is 11.6 Å². The summed E-state index contributed by atoms with van der Waals surface area (Å²) in [4.78, 5) is 11.8. The van der Waals surface area contributed by atoms with Gasteiger partial charge >= 0.3 is 5.97 Å². The molecule has 0 aliphatic heterocycles. The summed E-state index contributed by atoms with van der Waals surface area (Å²) in [6.07, 6.45) is 5.76. The molecule has 1 aliphatic rings. The van der Waals surface area contributed by atoms with Crippen LogP contribution < -0.4 is 16.2 Å². The van der Waals surface area contributed by atoms with Crippen LogP contribution in [0.5, 0.6) is 5.75 Å². The van der Waals surface area contributed by atoms with Gasteiger partial charge in [0.05, 0.1) is 13.2 Å². The molecule has 4 N–H and O–H groups in total. The maximum atomic E-state index is 11.8. The second-order valence-electron chi connectivity index (χ2n) is 8.66. The minimum absolute atomic E-state index is 0.0706. The molecule has 0 spiro atoms. The van der Waals surface area contributed by atoms with Crippen LogP contribution in [-0.4, -0.2) is 31.3 Å². The lowest BCUT2D eigenvalue weighted by atomic mass is 9.97. The van der Waals surface area contributed by atoms with Crippen LogP contribution in [0.2, 0.25) is 0 Å². The number of aryl methyl sites for hydroxylation is 2. The van der Waals surface area contributed by atoms with E-state index >= 15 is 0 Å². The van der Waals surface area contributed by atoms with Crippen molar-refractivity contribution >= 4 is 17.6 Å². The van der Waals surface area contributed by atoms with Crippen molar-refractivity contribution in [1.29, 1.82) is 0 Å². The number of fused-ring (bicyclic) bond motifs is 1. The fraction of sp³-hybridized carbons (Fsp3) is 0.423. The molecule has 1 unspecified atom stereocenters. The first-order valence-electron chi connectivity index (χ1n) is 11.0. The van der Waals surface area contributed by atoms with Crippen molar-refractivity contribution in [3.05, 3.63) is 64.2 Å². The van der Waals surface area contributed by atoms with E-state index in [1.165, 1.54) is 33.4 Å². The Bertz CT molecular complexity index is 963. The average Bonchev–Trinajstić information content (AvgIpc) is 3.17. The Kier molecular flexibility index (Phi) is 7.52. The number of rotatable bonds is 10. The van der Waals surface area contributed by atoms with E-state index in [1.54, 1.807) is 6.92 Å². The summed E-state index contributed by atoms with van der Waals surface area (Å²) < 4.78 is 11.3. The molecule has 5 nitrogen and oxygen atoms in total. The van der Waals surface area contributed by atoms with Crippen LogP contribution in [0.3, 0.4) is 0 Å². The monoisotopic (exact) mass is 422 g/mol. The molecule has 0 saturated heterocycles. The Balaban J connectivity index is 1.46. The molecule has 166 valence electrons. The van der Waals surface area contributed by atoms with Gasteiger partial charge in [0.1, 0.15) is 11.3 Å². The first kappa shape index (κ1) is 23.0. The molecule has 0 radical (unpaired) electrons. The van der Waals surface area contributed by atoms with Gasteiger partial charge in [0.25, 0.3) is 0 Å². The minimum Gasteiger partial charge on any atom is -0.493 e. The van der Waals surface area contributed by atoms with Gasteiger partial charge in [-0.2, -0.15) is 0 Å². The lowest BCUT2D eigenvalue weighted by Gasteiger charge is -2.20. The van der Waals surface area contributed by atoms with Crippen molar-refractivity contribution in [3.8, 4) is 5.75 Å². The van der Waals surface area contributed by atoms with Crippen LogP contribution in [0.4, 0.5) is 0 Å². The van der Waals surface area contributed by atoms with E-state index in [-0.39, 0.29) is 6.54 Å². The van der Waals surface area contributed by atoms with E-state index < -0.39 is 11.5 Å². The molecule has 3 rings (SSSR count). The van der Waals surface area contributed by atoms with E-state index in [4.69, 9.17) is 20.9 Å². The predicted molar refractivity (Wildman–Crippen MR) is 126 cm³/mol. The SMILES string of the molecule is Cc1ccc(C2=Cc3cccc(OCCCCCOC(=O)C(C)(N)CN)c3C2)c(C)c1. The average molecular weight is 423 g/mol. The predicted octanol–water partition coefficient (Wildman–Crippen LogP) is 4.17. The third-order valence-corrected chi connectivity index (χ3v) is 5.76. The van der Waals surface area contributed by atoms with Crippen molar-refractivity contribution < 1.29 is 14.3 Å². The van der Waals surface area contributed by atoms with Crippen molar-refractivity contribution in [2.45, 2.75) is 52.0 Å². The number of hydrogen-bond acceptors (Lipinski definition) is 5. The second kappa shape index (κ2) is 10.1. The molecule has 0 fully saturated rings. The lowest BCUT2D eigenvalue weighted by molar-refractivity contribution is -0.149. The van der Waals surface area contributed by atoms with Gasteiger partial charge in [-0.15, -0.1) is 0 Å². The van der Waals surface area contributed by atoms with Crippen molar-refractivity contribution in [2.75, 3.05) is 19.8 Å². The summed E-state index contributed by atoms with van der Waals surface area (Å²) in [5.74, 6) is 0.514. The number of carbonyl (C=O) groups excluding carboxylic acids is 1. The van der Waals surface area contributed by atoms with Gasteiger partial charge in [0.2, 0.25) is 0 Å². The summed E-state index contributed by atoms with van der Waals surface area (Å²) in [6.45, 7) is 6.95. The smallest absolute Gasteiger partial charge is 0.327 e. The summed E-state index contributed by atoms with van der Waals surface area (Å²) in [6, 6.07) is 12.9. The van der Waals surface area contributed by atoms with Crippen LogP contribution in [0.1, 0.15) is 54.0 Å². The van der Waals surface area contributed by atoms with Crippen LogP contribution >= 0.6 is 0 Å². The Morgan fingerprint density at radius 3 is 2.61 bits per heavy atom.